The Balaban J connectivity index is 1.69. The maximum Gasteiger partial charge on any atom is 0.246 e. The molecule has 0 aromatic heterocycles. The fourth-order valence-corrected chi connectivity index (χ4v) is 2.98. The summed E-state index contributed by atoms with van der Waals surface area (Å²) in [6.45, 7) is 10.8. The number of hydrogen-bond acceptors (Lipinski definition) is 3. The molecule has 2 rings (SSSR count). The van der Waals surface area contributed by atoms with Crippen LogP contribution in [0.15, 0.2) is 12.2 Å². The van der Waals surface area contributed by atoms with Crippen LogP contribution in [0.25, 0.3) is 0 Å². The van der Waals surface area contributed by atoms with E-state index in [2.05, 4.69) is 18.7 Å². The first-order valence-electron chi connectivity index (χ1n) is 7.92. The van der Waals surface area contributed by atoms with E-state index in [-0.39, 0.29) is 5.91 Å². The van der Waals surface area contributed by atoms with E-state index in [0.717, 1.165) is 70.6 Å². The summed E-state index contributed by atoms with van der Waals surface area (Å²) in [4.78, 5) is 16.4. The zero-order valence-electron chi connectivity index (χ0n) is 12.9. The summed E-state index contributed by atoms with van der Waals surface area (Å²) in [5, 5.41) is 0. The first kappa shape index (κ1) is 15.5. The lowest BCUT2D eigenvalue weighted by molar-refractivity contribution is -0.127. The molecule has 1 amide bonds. The largest absolute Gasteiger partial charge is 0.379 e. The molecular weight excluding hydrogens is 252 g/mol. The Labute approximate surface area is 122 Å². The lowest BCUT2D eigenvalue weighted by Crippen LogP contribution is -2.39. The van der Waals surface area contributed by atoms with Crippen molar-refractivity contribution in [2.45, 2.75) is 26.7 Å². The highest BCUT2D eigenvalue weighted by atomic mass is 16.5. The molecule has 20 heavy (non-hydrogen) atoms. The van der Waals surface area contributed by atoms with Crippen LogP contribution in [0.4, 0.5) is 0 Å². The molecule has 0 bridgehead atoms. The first-order chi connectivity index (χ1) is 9.66. The molecule has 4 heteroatoms. The van der Waals surface area contributed by atoms with Crippen LogP contribution < -0.4 is 0 Å². The third-order valence-corrected chi connectivity index (χ3v) is 4.52. The Bertz CT molecular complexity index is 327. The van der Waals surface area contributed by atoms with E-state index in [0.29, 0.717) is 0 Å². The lowest BCUT2D eigenvalue weighted by atomic mass is 9.87. The van der Waals surface area contributed by atoms with Crippen LogP contribution in [0, 0.1) is 11.8 Å². The minimum atomic E-state index is 0.181. The average Bonchev–Trinajstić information content (AvgIpc) is 2.48. The number of rotatable bonds is 4. The quantitative estimate of drug-likeness (QED) is 0.736. The molecule has 0 aliphatic carbocycles. The van der Waals surface area contributed by atoms with Gasteiger partial charge in [-0.25, -0.2) is 0 Å². The van der Waals surface area contributed by atoms with Crippen LogP contribution in [-0.2, 0) is 9.53 Å². The standard InChI is InChI=1S/C16H28N2O2/c1-14(2)15-5-8-18(9-6-15)16(19)4-3-7-17-10-12-20-13-11-17/h3-4,14-15H,5-13H2,1-2H3/b4-3+. The molecule has 0 radical (unpaired) electrons. The molecule has 114 valence electrons. The molecule has 0 spiro atoms. The molecule has 0 N–H and O–H groups in total. The van der Waals surface area contributed by atoms with E-state index in [1.807, 2.05) is 11.0 Å². The monoisotopic (exact) mass is 280 g/mol. The number of likely N-dealkylation sites (tertiary alicyclic amines) is 1. The van der Waals surface area contributed by atoms with Gasteiger partial charge in [-0.05, 0) is 24.7 Å². The second-order valence-electron chi connectivity index (χ2n) is 6.22. The van der Waals surface area contributed by atoms with Gasteiger partial charge >= 0.3 is 0 Å². The molecule has 2 saturated heterocycles. The van der Waals surface area contributed by atoms with Gasteiger partial charge in [0.2, 0.25) is 5.91 Å². The summed E-state index contributed by atoms with van der Waals surface area (Å²) in [6.07, 6.45) is 6.06. The number of carbonyl (C=O) groups excluding carboxylic acids is 1. The Morgan fingerprint density at radius 3 is 2.45 bits per heavy atom. The summed E-state index contributed by atoms with van der Waals surface area (Å²) in [5.74, 6) is 1.71. The first-order valence-corrected chi connectivity index (χ1v) is 7.92. The zero-order chi connectivity index (χ0) is 14.4. The van der Waals surface area contributed by atoms with E-state index in [1.165, 1.54) is 0 Å². The SMILES string of the molecule is CC(C)C1CCN(C(=O)/C=C/CN2CCOCC2)CC1. The van der Waals surface area contributed by atoms with Crippen molar-refractivity contribution in [2.75, 3.05) is 45.9 Å². The second-order valence-corrected chi connectivity index (χ2v) is 6.22. The third-order valence-electron chi connectivity index (χ3n) is 4.52. The summed E-state index contributed by atoms with van der Waals surface area (Å²) in [6, 6.07) is 0. The van der Waals surface area contributed by atoms with Gasteiger partial charge in [-0.3, -0.25) is 9.69 Å². The van der Waals surface area contributed by atoms with Crippen molar-refractivity contribution < 1.29 is 9.53 Å². The van der Waals surface area contributed by atoms with E-state index >= 15 is 0 Å². The van der Waals surface area contributed by atoms with Crippen LogP contribution in [0.1, 0.15) is 26.7 Å². The molecule has 0 aromatic carbocycles. The number of nitrogens with zero attached hydrogens (tertiary/aromatic N) is 2. The van der Waals surface area contributed by atoms with Crippen LogP contribution in [0.3, 0.4) is 0 Å². The highest BCUT2D eigenvalue weighted by Gasteiger charge is 2.23. The molecule has 4 nitrogen and oxygen atoms in total. The highest BCUT2D eigenvalue weighted by Crippen LogP contribution is 2.24. The van der Waals surface area contributed by atoms with Crippen molar-refractivity contribution in [3.63, 3.8) is 0 Å². The van der Waals surface area contributed by atoms with E-state index in [9.17, 15) is 4.79 Å². The van der Waals surface area contributed by atoms with Gasteiger partial charge in [0.1, 0.15) is 0 Å². The van der Waals surface area contributed by atoms with Gasteiger partial charge in [0.15, 0.2) is 0 Å². The fraction of sp³-hybridized carbons (Fsp3) is 0.812. The van der Waals surface area contributed by atoms with Gasteiger partial charge in [0.25, 0.3) is 0 Å². The van der Waals surface area contributed by atoms with Crippen molar-refractivity contribution in [3.8, 4) is 0 Å². The molecule has 0 saturated carbocycles. The van der Waals surface area contributed by atoms with Crippen LogP contribution >= 0.6 is 0 Å². The van der Waals surface area contributed by atoms with Gasteiger partial charge < -0.3 is 9.64 Å². The maximum absolute atomic E-state index is 12.1. The smallest absolute Gasteiger partial charge is 0.246 e. The number of ether oxygens (including phenoxy) is 1. The van der Waals surface area contributed by atoms with Gasteiger partial charge in [-0.2, -0.15) is 0 Å². The molecular formula is C16H28N2O2. The molecule has 2 aliphatic rings. The number of morpholine rings is 1. The van der Waals surface area contributed by atoms with Crippen molar-refractivity contribution in [1.29, 1.82) is 0 Å². The Kier molecular flexibility index (Phi) is 6.05. The maximum atomic E-state index is 12.1. The second kappa shape index (κ2) is 7.79. The van der Waals surface area contributed by atoms with Gasteiger partial charge in [-0.15, -0.1) is 0 Å². The number of piperidine rings is 1. The van der Waals surface area contributed by atoms with Crippen LogP contribution in [-0.4, -0.2) is 61.6 Å². The van der Waals surface area contributed by atoms with E-state index < -0.39 is 0 Å². The Morgan fingerprint density at radius 2 is 1.85 bits per heavy atom. The van der Waals surface area contributed by atoms with Crippen molar-refractivity contribution in [3.05, 3.63) is 12.2 Å². The van der Waals surface area contributed by atoms with Crippen molar-refractivity contribution in [2.24, 2.45) is 11.8 Å². The molecule has 2 aliphatic heterocycles. The minimum absolute atomic E-state index is 0.181. The zero-order valence-corrected chi connectivity index (χ0v) is 12.9. The summed E-state index contributed by atoms with van der Waals surface area (Å²) < 4.78 is 5.31. The van der Waals surface area contributed by atoms with Crippen LogP contribution in [0.2, 0.25) is 0 Å². The summed E-state index contributed by atoms with van der Waals surface area (Å²) in [5.41, 5.74) is 0. The average molecular weight is 280 g/mol. The number of hydrogen-bond donors (Lipinski definition) is 0. The molecule has 0 aromatic rings. The topological polar surface area (TPSA) is 32.8 Å². The molecule has 0 unspecified atom stereocenters. The molecule has 2 fully saturated rings. The minimum Gasteiger partial charge on any atom is -0.379 e. The van der Waals surface area contributed by atoms with Crippen LogP contribution in [0.5, 0.6) is 0 Å². The molecule has 2 heterocycles. The van der Waals surface area contributed by atoms with Gasteiger partial charge in [0, 0.05) is 38.8 Å². The summed E-state index contributed by atoms with van der Waals surface area (Å²) in [7, 11) is 0. The Morgan fingerprint density at radius 1 is 1.20 bits per heavy atom. The number of amides is 1. The van der Waals surface area contributed by atoms with E-state index in [4.69, 9.17) is 4.74 Å². The predicted molar refractivity (Wildman–Crippen MR) is 80.5 cm³/mol. The normalized spacial score (nSPS) is 22.9. The lowest BCUT2D eigenvalue weighted by Gasteiger charge is -2.33. The highest BCUT2D eigenvalue weighted by molar-refractivity contribution is 5.87. The third kappa shape index (κ3) is 4.60. The predicted octanol–water partition coefficient (Wildman–Crippen LogP) is 1.77. The number of carbonyl (C=O) groups is 1. The molecule has 0 atom stereocenters. The van der Waals surface area contributed by atoms with Crippen molar-refractivity contribution >= 4 is 5.91 Å². The fourth-order valence-electron chi connectivity index (χ4n) is 2.98. The Hall–Kier alpha value is -0.870. The van der Waals surface area contributed by atoms with Gasteiger partial charge in [0.05, 0.1) is 13.2 Å². The van der Waals surface area contributed by atoms with Crippen molar-refractivity contribution in [1.82, 2.24) is 9.80 Å². The summed E-state index contributed by atoms with van der Waals surface area (Å²) >= 11 is 0. The van der Waals surface area contributed by atoms with Gasteiger partial charge in [-0.1, -0.05) is 19.9 Å². The van der Waals surface area contributed by atoms with E-state index in [1.54, 1.807) is 6.08 Å².